The van der Waals surface area contributed by atoms with Crippen LogP contribution in [-0.4, -0.2) is 43.4 Å². The van der Waals surface area contributed by atoms with Crippen LogP contribution in [0.25, 0.3) is 17.1 Å². The maximum absolute atomic E-state index is 13.3. The fourth-order valence-electron chi connectivity index (χ4n) is 3.56. The van der Waals surface area contributed by atoms with Gasteiger partial charge in [-0.2, -0.15) is 0 Å². The zero-order valence-corrected chi connectivity index (χ0v) is 20.4. The van der Waals surface area contributed by atoms with Crippen LogP contribution in [0.4, 0.5) is 4.39 Å². The molecular weight excluding hydrogens is 449 g/mol. The Morgan fingerprint density at radius 2 is 1.74 bits per heavy atom. The second-order valence-electron chi connectivity index (χ2n) is 8.17. The Kier molecular flexibility index (Phi) is 7.07. The molecule has 34 heavy (non-hydrogen) atoms. The van der Waals surface area contributed by atoms with Crippen molar-refractivity contribution < 1.29 is 9.18 Å². The average Bonchev–Trinajstić information content (AvgIpc) is 3.28. The molecule has 4 rings (SSSR count). The van der Waals surface area contributed by atoms with Crippen LogP contribution in [0.1, 0.15) is 29.7 Å². The van der Waals surface area contributed by atoms with Crippen molar-refractivity contribution in [2.24, 2.45) is 0 Å². The van der Waals surface area contributed by atoms with Crippen LogP contribution < -0.4 is 0 Å². The second-order valence-corrected chi connectivity index (χ2v) is 9.11. The van der Waals surface area contributed by atoms with Gasteiger partial charge in [0.2, 0.25) is 5.91 Å². The number of pyridine rings is 1. The number of hydrogen-bond acceptors (Lipinski definition) is 5. The molecule has 1 unspecified atom stereocenters. The maximum atomic E-state index is 13.3. The Hall–Kier alpha value is -3.52. The summed E-state index contributed by atoms with van der Waals surface area (Å²) >= 11 is 1.34. The van der Waals surface area contributed by atoms with Crippen LogP contribution in [0.2, 0.25) is 0 Å². The summed E-state index contributed by atoms with van der Waals surface area (Å²) in [5.74, 6) is 0.535. The quantitative estimate of drug-likeness (QED) is 0.335. The highest BCUT2D eigenvalue weighted by Crippen LogP contribution is 2.29. The van der Waals surface area contributed by atoms with Gasteiger partial charge < -0.3 is 4.90 Å². The van der Waals surface area contributed by atoms with Crippen molar-refractivity contribution in [3.05, 3.63) is 89.5 Å². The number of carbonyl (C=O) groups is 1. The molecular formula is C26H26FN5OS. The average molecular weight is 476 g/mol. The molecule has 4 aromatic rings. The van der Waals surface area contributed by atoms with Crippen LogP contribution in [0.5, 0.6) is 0 Å². The van der Waals surface area contributed by atoms with Crippen LogP contribution in [0, 0.1) is 19.7 Å². The summed E-state index contributed by atoms with van der Waals surface area (Å²) in [5, 5.41) is 9.47. The van der Waals surface area contributed by atoms with Gasteiger partial charge in [0.25, 0.3) is 0 Å². The van der Waals surface area contributed by atoms with Gasteiger partial charge in [-0.1, -0.05) is 30.0 Å². The predicted molar refractivity (Wildman–Crippen MR) is 132 cm³/mol. The van der Waals surface area contributed by atoms with E-state index in [1.54, 1.807) is 36.5 Å². The molecule has 1 atom stereocenters. The zero-order chi connectivity index (χ0) is 24.2. The van der Waals surface area contributed by atoms with E-state index in [1.807, 2.05) is 29.7 Å². The molecule has 174 valence electrons. The van der Waals surface area contributed by atoms with Gasteiger partial charge in [-0.15, -0.1) is 10.2 Å². The van der Waals surface area contributed by atoms with E-state index in [1.165, 1.54) is 29.5 Å². The molecule has 0 saturated carbocycles. The summed E-state index contributed by atoms with van der Waals surface area (Å²) < 4.78 is 15.2. The first-order valence-corrected chi connectivity index (χ1v) is 11.9. The Morgan fingerprint density at radius 3 is 2.41 bits per heavy atom. The van der Waals surface area contributed by atoms with E-state index in [9.17, 15) is 9.18 Å². The molecule has 2 heterocycles. The Balaban J connectivity index is 1.59. The largest absolute Gasteiger partial charge is 0.338 e. The fraction of sp³-hybridized carbons (Fsp3) is 0.231. The molecule has 1 amide bonds. The van der Waals surface area contributed by atoms with E-state index in [0.29, 0.717) is 11.0 Å². The first kappa shape index (κ1) is 23.6. The molecule has 0 saturated heterocycles. The number of benzene rings is 2. The molecule has 6 nitrogen and oxygen atoms in total. The van der Waals surface area contributed by atoms with Gasteiger partial charge in [-0.3, -0.25) is 14.3 Å². The molecule has 0 aliphatic carbocycles. The highest BCUT2D eigenvalue weighted by Gasteiger charge is 2.21. The number of hydrogen-bond donors (Lipinski definition) is 0. The Bertz CT molecular complexity index is 1290. The number of nitrogens with zero attached hydrogens (tertiary/aromatic N) is 5. The van der Waals surface area contributed by atoms with Crippen molar-refractivity contribution in [1.29, 1.82) is 0 Å². The number of rotatable bonds is 7. The lowest BCUT2D eigenvalue weighted by Gasteiger charge is -2.25. The van der Waals surface area contributed by atoms with Crippen LogP contribution in [0.15, 0.2) is 72.1 Å². The van der Waals surface area contributed by atoms with E-state index in [-0.39, 0.29) is 23.5 Å². The lowest BCUT2D eigenvalue weighted by atomic mass is 10.1. The van der Waals surface area contributed by atoms with Gasteiger partial charge in [-0.05, 0) is 73.9 Å². The second kappa shape index (κ2) is 10.2. The van der Waals surface area contributed by atoms with E-state index in [2.05, 4.69) is 41.2 Å². The van der Waals surface area contributed by atoms with Gasteiger partial charge in [0.15, 0.2) is 11.0 Å². The smallest absolute Gasteiger partial charge is 0.233 e. The number of thioether (sulfide) groups is 1. The first-order chi connectivity index (χ1) is 16.3. The van der Waals surface area contributed by atoms with E-state index in [4.69, 9.17) is 0 Å². The fourth-order valence-corrected chi connectivity index (χ4v) is 4.43. The van der Waals surface area contributed by atoms with Crippen LogP contribution >= 0.6 is 11.8 Å². The summed E-state index contributed by atoms with van der Waals surface area (Å²) in [7, 11) is 1.76. The highest BCUT2D eigenvalue weighted by molar-refractivity contribution is 7.99. The minimum Gasteiger partial charge on any atom is -0.338 e. The normalized spacial score (nSPS) is 11.9. The molecule has 0 radical (unpaired) electrons. The molecule has 2 aromatic carbocycles. The van der Waals surface area contributed by atoms with E-state index in [0.717, 1.165) is 22.4 Å². The maximum Gasteiger partial charge on any atom is 0.233 e. The minimum absolute atomic E-state index is 0.0538. The van der Waals surface area contributed by atoms with Crippen LogP contribution in [0.3, 0.4) is 0 Å². The third-order valence-corrected chi connectivity index (χ3v) is 6.89. The van der Waals surface area contributed by atoms with E-state index < -0.39 is 0 Å². The number of amides is 1. The molecule has 0 aliphatic heterocycles. The number of carbonyl (C=O) groups excluding carboxylic acids is 1. The molecule has 2 aromatic heterocycles. The zero-order valence-electron chi connectivity index (χ0n) is 19.6. The molecule has 0 aliphatic rings. The summed E-state index contributed by atoms with van der Waals surface area (Å²) in [6, 6.07) is 16.0. The topological polar surface area (TPSA) is 63.9 Å². The van der Waals surface area contributed by atoms with Gasteiger partial charge in [0, 0.05) is 25.0 Å². The number of halogens is 1. The summed E-state index contributed by atoms with van der Waals surface area (Å²) in [6.07, 6.45) is 3.44. The summed E-state index contributed by atoms with van der Waals surface area (Å²) in [5.41, 5.74) is 5.05. The standard InChI is InChI=1S/C26H26FN5OS/c1-17-5-10-23(15-18(17)2)32-25(21-11-13-28-14-12-21)29-30-26(32)34-16-24(33)31(4)19(3)20-6-8-22(27)9-7-20/h5-15,19H,16H2,1-4H3. The first-order valence-electron chi connectivity index (χ1n) is 10.9. The van der Waals surface area contributed by atoms with Gasteiger partial charge in [0.1, 0.15) is 5.82 Å². The molecule has 0 fully saturated rings. The summed E-state index contributed by atoms with van der Waals surface area (Å²) in [6.45, 7) is 6.06. The molecule has 0 bridgehead atoms. The van der Waals surface area contributed by atoms with Crippen molar-refractivity contribution in [1.82, 2.24) is 24.6 Å². The molecule has 0 N–H and O–H groups in total. The van der Waals surface area contributed by atoms with Crippen molar-refractivity contribution in [3.63, 3.8) is 0 Å². The molecule has 8 heteroatoms. The third-order valence-electron chi connectivity index (χ3n) is 5.97. The highest BCUT2D eigenvalue weighted by atomic mass is 32.2. The number of aromatic nitrogens is 4. The van der Waals surface area contributed by atoms with Crippen LogP contribution in [-0.2, 0) is 4.79 Å². The predicted octanol–water partition coefficient (Wildman–Crippen LogP) is 5.40. The van der Waals surface area contributed by atoms with E-state index >= 15 is 0 Å². The summed E-state index contributed by atoms with van der Waals surface area (Å²) in [4.78, 5) is 18.8. The monoisotopic (exact) mass is 475 g/mol. The lowest BCUT2D eigenvalue weighted by molar-refractivity contribution is -0.128. The van der Waals surface area contributed by atoms with Gasteiger partial charge in [-0.25, -0.2) is 4.39 Å². The Labute approximate surface area is 202 Å². The van der Waals surface area contributed by atoms with Crippen molar-refractivity contribution in [3.8, 4) is 17.1 Å². The van der Waals surface area contributed by atoms with Crippen molar-refractivity contribution >= 4 is 17.7 Å². The van der Waals surface area contributed by atoms with Gasteiger partial charge in [0.05, 0.1) is 17.5 Å². The van der Waals surface area contributed by atoms with Crippen molar-refractivity contribution in [2.75, 3.05) is 12.8 Å². The lowest BCUT2D eigenvalue weighted by Crippen LogP contribution is -2.31. The SMILES string of the molecule is Cc1ccc(-n2c(SCC(=O)N(C)C(C)c3ccc(F)cc3)nnc2-c2ccncc2)cc1C. The van der Waals surface area contributed by atoms with Crippen molar-refractivity contribution in [2.45, 2.75) is 32.0 Å². The Morgan fingerprint density at radius 1 is 1.03 bits per heavy atom. The third kappa shape index (κ3) is 5.02. The minimum atomic E-state index is -0.295. The number of aryl methyl sites for hydroxylation is 2. The molecule has 0 spiro atoms. The van der Waals surface area contributed by atoms with Gasteiger partial charge >= 0.3 is 0 Å².